The van der Waals surface area contributed by atoms with Gasteiger partial charge in [-0.3, -0.25) is 9.69 Å². The average molecular weight is 458 g/mol. The van der Waals surface area contributed by atoms with E-state index in [2.05, 4.69) is 53.0 Å². The molecule has 0 spiro atoms. The molecule has 0 radical (unpaired) electrons. The van der Waals surface area contributed by atoms with Crippen molar-refractivity contribution >= 4 is 43.2 Å². The number of carbonyl (C=O) groups is 1. The first-order chi connectivity index (χ1) is 15.1. The summed E-state index contributed by atoms with van der Waals surface area (Å²) >= 11 is 3.16. The number of piperazine rings is 1. The van der Waals surface area contributed by atoms with E-state index in [1.165, 1.54) is 11.3 Å². The fourth-order valence-corrected chi connectivity index (χ4v) is 6.14. The number of hydrogen-bond donors (Lipinski definition) is 1. The number of benzene rings is 1. The van der Waals surface area contributed by atoms with Gasteiger partial charge in [0.1, 0.15) is 4.83 Å². The van der Waals surface area contributed by atoms with Crippen LogP contribution in [-0.4, -0.2) is 73.6 Å². The van der Waals surface area contributed by atoms with Crippen LogP contribution in [0.25, 0.3) is 9.53 Å². The lowest BCUT2D eigenvalue weighted by Gasteiger charge is -2.35. The molecule has 3 aromatic rings. The molecule has 0 bridgehead atoms. The minimum Gasteiger partial charge on any atom is -0.349 e. The first kappa shape index (κ1) is 22.2. The van der Waals surface area contributed by atoms with Crippen molar-refractivity contribution in [1.82, 2.24) is 20.1 Å². The van der Waals surface area contributed by atoms with Crippen molar-refractivity contribution in [3.05, 3.63) is 46.8 Å². The fourth-order valence-electron chi connectivity index (χ4n) is 3.90. The summed E-state index contributed by atoms with van der Waals surface area (Å²) < 4.78 is 1.09. The topological polar surface area (TPSA) is 51.7 Å². The Kier molecular flexibility index (Phi) is 7.22. The van der Waals surface area contributed by atoms with Gasteiger partial charge in [-0.1, -0.05) is 41.7 Å². The zero-order valence-corrected chi connectivity index (χ0v) is 20.1. The molecule has 1 atom stereocenters. The van der Waals surface area contributed by atoms with Gasteiger partial charge in [0.2, 0.25) is 0 Å². The van der Waals surface area contributed by atoms with Crippen molar-refractivity contribution in [2.45, 2.75) is 19.9 Å². The zero-order chi connectivity index (χ0) is 21.8. The van der Waals surface area contributed by atoms with Gasteiger partial charge in [0, 0.05) is 45.8 Å². The number of aromatic nitrogens is 1. The molecule has 1 fully saturated rings. The van der Waals surface area contributed by atoms with E-state index in [0.29, 0.717) is 0 Å². The number of anilines is 1. The van der Waals surface area contributed by atoms with Gasteiger partial charge < -0.3 is 15.1 Å². The number of carbonyl (C=O) groups excluding carboxylic acids is 1. The number of likely N-dealkylation sites (N-methyl/N-ethyl adjacent to an activating group) is 1. The second kappa shape index (κ2) is 10.1. The number of thiazole rings is 1. The van der Waals surface area contributed by atoms with Crippen LogP contribution in [0.4, 0.5) is 5.13 Å². The molecule has 1 aliphatic rings. The summed E-state index contributed by atoms with van der Waals surface area (Å²) in [5.74, 6) is -0.0115. The average Bonchev–Trinajstić information content (AvgIpc) is 3.36. The molecule has 31 heavy (non-hydrogen) atoms. The van der Waals surface area contributed by atoms with E-state index in [1.54, 1.807) is 11.3 Å². The van der Waals surface area contributed by atoms with Crippen LogP contribution in [0.2, 0.25) is 0 Å². The maximum absolute atomic E-state index is 13.2. The highest BCUT2D eigenvalue weighted by atomic mass is 32.1. The van der Waals surface area contributed by atoms with Crippen molar-refractivity contribution in [2.75, 3.05) is 57.8 Å². The predicted octanol–water partition coefficient (Wildman–Crippen LogP) is 3.92. The van der Waals surface area contributed by atoms with Crippen molar-refractivity contribution in [3.8, 4) is 0 Å². The molecule has 1 saturated heterocycles. The molecule has 1 N–H and O–H groups in total. The summed E-state index contributed by atoms with van der Waals surface area (Å²) in [5, 5.41) is 4.34. The third kappa shape index (κ3) is 5.26. The number of nitrogens with zero attached hydrogens (tertiary/aromatic N) is 4. The SMILES string of the molecule is CCN(CC)c1nc2sc(C(=O)NC(CN3CCN(C)CC3)c3ccccc3)cc2s1. The van der Waals surface area contributed by atoms with Gasteiger partial charge in [-0.2, -0.15) is 0 Å². The maximum atomic E-state index is 13.2. The smallest absolute Gasteiger partial charge is 0.262 e. The molecular weight excluding hydrogens is 426 g/mol. The van der Waals surface area contributed by atoms with Gasteiger partial charge in [0.15, 0.2) is 5.13 Å². The lowest BCUT2D eigenvalue weighted by molar-refractivity contribution is 0.0911. The van der Waals surface area contributed by atoms with Crippen molar-refractivity contribution in [1.29, 1.82) is 0 Å². The van der Waals surface area contributed by atoms with E-state index in [-0.39, 0.29) is 11.9 Å². The van der Waals surface area contributed by atoms with Crippen molar-refractivity contribution in [3.63, 3.8) is 0 Å². The van der Waals surface area contributed by atoms with Gasteiger partial charge in [-0.25, -0.2) is 4.98 Å². The highest BCUT2D eigenvalue weighted by molar-refractivity contribution is 7.29. The Hall–Kier alpha value is -2.00. The highest BCUT2D eigenvalue weighted by Gasteiger charge is 2.23. The summed E-state index contributed by atoms with van der Waals surface area (Å²) in [6.07, 6.45) is 0. The number of fused-ring (bicyclic) bond motifs is 1. The van der Waals surface area contributed by atoms with E-state index in [0.717, 1.165) is 70.9 Å². The Morgan fingerprint density at radius 3 is 2.48 bits per heavy atom. The molecule has 6 nitrogen and oxygen atoms in total. The van der Waals surface area contributed by atoms with Crippen LogP contribution in [0, 0.1) is 0 Å². The molecule has 1 amide bonds. The lowest BCUT2D eigenvalue weighted by Crippen LogP contribution is -2.47. The summed E-state index contributed by atoms with van der Waals surface area (Å²) in [6, 6.07) is 12.3. The van der Waals surface area contributed by atoms with Gasteiger partial charge in [-0.15, -0.1) is 11.3 Å². The quantitative estimate of drug-likeness (QED) is 0.556. The van der Waals surface area contributed by atoms with Crippen LogP contribution in [0.1, 0.15) is 35.1 Å². The van der Waals surface area contributed by atoms with E-state index in [1.807, 2.05) is 24.3 Å². The van der Waals surface area contributed by atoms with Crippen LogP contribution in [-0.2, 0) is 0 Å². The molecule has 4 rings (SSSR count). The maximum Gasteiger partial charge on any atom is 0.262 e. The van der Waals surface area contributed by atoms with Gasteiger partial charge in [0.25, 0.3) is 5.91 Å². The number of rotatable bonds is 8. The van der Waals surface area contributed by atoms with E-state index < -0.39 is 0 Å². The summed E-state index contributed by atoms with van der Waals surface area (Å²) in [7, 11) is 2.16. The predicted molar refractivity (Wildman–Crippen MR) is 132 cm³/mol. The zero-order valence-electron chi connectivity index (χ0n) is 18.5. The standard InChI is InChI=1S/C23H31N5OS2/c1-4-28(5-2)23-25-22-20(31-23)15-19(30-22)21(29)24-18(17-9-7-6-8-10-17)16-27-13-11-26(3)12-14-27/h6-10,15,18H,4-5,11-14,16H2,1-3H3,(H,24,29). The van der Waals surface area contributed by atoms with E-state index >= 15 is 0 Å². The molecule has 2 aromatic heterocycles. The van der Waals surface area contributed by atoms with Crippen LogP contribution in [0.15, 0.2) is 36.4 Å². The third-order valence-corrected chi connectivity index (χ3v) is 8.10. The number of hydrogen-bond acceptors (Lipinski definition) is 7. The van der Waals surface area contributed by atoms with Crippen LogP contribution >= 0.6 is 22.7 Å². The molecule has 0 aliphatic carbocycles. The molecular formula is C23H31N5OS2. The normalized spacial score (nSPS) is 16.5. The van der Waals surface area contributed by atoms with E-state index in [4.69, 9.17) is 4.98 Å². The molecule has 1 unspecified atom stereocenters. The summed E-state index contributed by atoms with van der Waals surface area (Å²) in [4.78, 5) is 26.7. The van der Waals surface area contributed by atoms with Gasteiger partial charge >= 0.3 is 0 Å². The molecule has 166 valence electrons. The minimum absolute atomic E-state index is 0.0115. The number of thiophene rings is 1. The Balaban J connectivity index is 1.49. The second-order valence-corrected chi connectivity index (χ2v) is 10.0. The molecule has 1 aliphatic heterocycles. The molecule has 1 aromatic carbocycles. The Bertz CT molecular complexity index is 958. The molecule has 3 heterocycles. The molecule has 0 saturated carbocycles. The summed E-state index contributed by atoms with van der Waals surface area (Å²) in [5.41, 5.74) is 1.15. The van der Waals surface area contributed by atoms with Crippen LogP contribution in [0.5, 0.6) is 0 Å². The number of amides is 1. The molecule has 8 heteroatoms. The number of nitrogens with one attached hydrogen (secondary N) is 1. The van der Waals surface area contributed by atoms with Gasteiger partial charge in [0.05, 0.1) is 15.6 Å². The van der Waals surface area contributed by atoms with Crippen LogP contribution < -0.4 is 10.2 Å². The van der Waals surface area contributed by atoms with E-state index in [9.17, 15) is 4.79 Å². The van der Waals surface area contributed by atoms with Crippen molar-refractivity contribution in [2.24, 2.45) is 0 Å². The Morgan fingerprint density at radius 1 is 1.13 bits per heavy atom. The third-order valence-electron chi connectivity index (χ3n) is 5.88. The monoisotopic (exact) mass is 457 g/mol. The van der Waals surface area contributed by atoms with Crippen molar-refractivity contribution < 1.29 is 4.79 Å². The Labute approximate surface area is 192 Å². The van der Waals surface area contributed by atoms with Gasteiger partial charge in [-0.05, 0) is 32.5 Å². The van der Waals surface area contributed by atoms with Crippen LogP contribution in [0.3, 0.4) is 0 Å². The highest BCUT2D eigenvalue weighted by Crippen LogP contribution is 2.34. The Morgan fingerprint density at radius 2 is 1.84 bits per heavy atom. The largest absolute Gasteiger partial charge is 0.349 e. The fraction of sp³-hybridized carbons (Fsp3) is 0.478. The minimum atomic E-state index is -0.0311. The lowest BCUT2D eigenvalue weighted by atomic mass is 10.1. The first-order valence-corrected chi connectivity index (χ1v) is 12.6. The summed E-state index contributed by atoms with van der Waals surface area (Å²) in [6.45, 7) is 11.2. The second-order valence-electron chi connectivity index (χ2n) is 7.99. The first-order valence-electron chi connectivity index (χ1n) is 11.0.